The third-order valence-electron chi connectivity index (χ3n) is 3.04. The lowest BCUT2D eigenvalue weighted by atomic mass is 10.2. The van der Waals surface area contributed by atoms with Crippen molar-refractivity contribution < 1.29 is 0 Å². The van der Waals surface area contributed by atoms with Gasteiger partial charge in [0.2, 0.25) is 0 Å². The van der Waals surface area contributed by atoms with Crippen LogP contribution in [0.4, 0.5) is 0 Å². The van der Waals surface area contributed by atoms with E-state index < -0.39 is 0 Å². The molecule has 2 heterocycles. The van der Waals surface area contributed by atoms with E-state index in [0.717, 1.165) is 22.2 Å². The molecule has 3 rings (SSSR count). The molecule has 5 heteroatoms. The van der Waals surface area contributed by atoms with Gasteiger partial charge in [0.15, 0.2) is 5.16 Å². The van der Waals surface area contributed by atoms with Crippen molar-refractivity contribution in [3.63, 3.8) is 0 Å². The molecule has 0 aliphatic rings. The minimum absolute atomic E-state index is 0.519. The number of aryl methyl sites for hydroxylation is 1. The fourth-order valence-corrected chi connectivity index (χ4v) is 3.03. The molecule has 3 aromatic rings. The van der Waals surface area contributed by atoms with Gasteiger partial charge < -0.3 is 0 Å². The Morgan fingerprint density at radius 1 is 1.19 bits per heavy atom. The monoisotopic (exact) mass is 315 g/mol. The van der Waals surface area contributed by atoms with Crippen LogP contribution in [0.2, 0.25) is 5.15 Å². The van der Waals surface area contributed by atoms with Gasteiger partial charge >= 0.3 is 0 Å². The Morgan fingerprint density at radius 2 is 2.10 bits per heavy atom. The van der Waals surface area contributed by atoms with E-state index >= 15 is 0 Å². The van der Waals surface area contributed by atoms with Crippen molar-refractivity contribution in [1.82, 2.24) is 14.5 Å². The van der Waals surface area contributed by atoms with Crippen LogP contribution in [0.3, 0.4) is 0 Å². The smallest absolute Gasteiger partial charge is 0.172 e. The average molecular weight is 316 g/mol. The Hall–Kier alpha value is -1.78. The molecule has 0 atom stereocenters. The zero-order valence-corrected chi connectivity index (χ0v) is 13.1. The van der Waals surface area contributed by atoms with Crippen LogP contribution >= 0.6 is 23.4 Å². The van der Waals surface area contributed by atoms with Crippen LogP contribution in [-0.2, 0) is 5.75 Å². The first-order valence-electron chi connectivity index (χ1n) is 6.56. The van der Waals surface area contributed by atoms with Crippen LogP contribution in [0.15, 0.2) is 60.1 Å². The number of aromatic nitrogens is 3. The number of benzene rings is 1. The van der Waals surface area contributed by atoms with E-state index in [-0.39, 0.29) is 0 Å². The molecule has 0 aliphatic carbocycles. The molecule has 21 heavy (non-hydrogen) atoms. The molecule has 0 fully saturated rings. The third kappa shape index (κ3) is 3.46. The van der Waals surface area contributed by atoms with Crippen molar-refractivity contribution >= 4 is 23.4 Å². The SMILES string of the molecule is Cc1cccc(-n2ccnc2SCc2ccc(Cl)nc2)c1. The summed E-state index contributed by atoms with van der Waals surface area (Å²) in [6.45, 7) is 2.09. The first-order chi connectivity index (χ1) is 10.2. The molecule has 0 radical (unpaired) electrons. The predicted molar refractivity (Wildman–Crippen MR) is 87.1 cm³/mol. The van der Waals surface area contributed by atoms with Gasteiger partial charge in [-0.2, -0.15) is 0 Å². The second-order valence-electron chi connectivity index (χ2n) is 4.70. The summed E-state index contributed by atoms with van der Waals surface area (Å²) in [4.78, 5) is 8.53. The van der Waals surface area contributed by atoms with E-state index in [2.05, 4.69) is 45.7 Å². The van der Waals surface area contributed by atoms with Crippen LogP contribution < -0.4 is 0 Å². The van der Waals surface area contributed by atoms with Gasteiger partial charge in [0.25, 0.3) is 0 Å². The molecule has 0 saturated carbocycles. The first kappa shape index (κ1) is 14.2. The summed E-state index contributed by atoms with van der Waals surface area (Å²) in [6.07, 6.45) is 5.61. The number of nitrogens with zero attached hydrogens (tertiary/aromatic N) is 3. The second-order valence-corrected chi connectivity index (χ2v) is 6.03. The van der Waals surface area contributed by atoms with Gasteiger partial charge in [0.05, 0.1) is 0 Å². The van der Waals surface area contributed by atoms with Gasteiger partial charge in [-0.3, -0.25) is 4.57 Å². The van der Waals surface area contributed by atoms with Gasteiger partial charge in [-0.25, -0.2) is 9.97 Å². The Bertz CT molecular complexity index is 737. The van der Waals surface area contributed by atoms with Crippen LogP contribution in [0, 0.1) is 6.92 Å². The molecule has 0 bridgehead atoms. The lowest BCUT2D eigenvalue weighted by molar-refractivity contribution is 0.893. The second kappa shape index (κ2) is 6.33. The summed E-state index contributed by atoms with van der Waals surface area (Å²) in [7, 11) is 0. The normalized spacial score (nSPS) is 10.8. The molecule has 0 spiro atoms. The maximum atomic E-state index is 5.80. The van der Waals surface area contributed by atoms with Crippen molar-refractivity contribution in [3.05, 3.63) is 71.3 Å². The summed E-state index contributed by atoms with van der Waals surface area (Å²) >= 11 is 7.48. The first-order valence-corrected chi connectivity index (χ1v) is 7.92. The fraction of sp³-hybridized carbons (Fsp3) is 0.125. The average Bonchev–Trinajstić information content (AvgIpc) is 2.95. The van der Waals surface area contributed by atoms with Gasteiger partial charge in [-0.1, -0.05) is 41.6 Å². The van der Waals surface area contributed by atoms with E-state index in [1.54, 1.807) is 18.0 Å². The molecule has 0 aliphatic heterocycles. The van der Waals surface area contributed by atoms with E-state index in [9.17, 15) is 0 Å². The molecular weight excluding hydrogens is 302 g/mol. The Kier molecular flexibility index (Phi) is 4.27. The minimum Gasteiger partial charge on any atom is -0.295 e. The van der Waals surface area contributed by atoms with Gasteiger partial charge in [-0.15, -0.1) is 0 Å². The highest BCUT2D eigenvalue weighted by molar-refractivity contribution is 7.98. The number of hydrogen-bond donors (Lipinski definition) is 0. The number of rotatable bonds is 4. The Balaban J connectivity index is 1.78. The summed E-state index contributed by atoms with van der Waals surface area (Å²) in [5, 5.41) is 1.49. The lowest BCUT2D eigenvalue weighted by Crippen LogP contribution is -1.95. The molecule has 0 saturated heterocycles. The summed E-state index contributed by atoms with van der Waals surface area (Å²) in [5.41, 5.74) is 3.49. The number of hydrogen-bond acceptors (Lipinski definition) is 3. The largest absolute Gasteiger partial charge is 0.295 e. The van der Waals surface area contributed by atoms with Crippen LogP contribution in [0.1, 0.15) is 11.1 Å². The van der Waals surface area contributed by atoms with Crippen molar-refractivity contribution in [2.24, 2.45) is 0 Å². The Morgan fingerprint density at radius 3 is 2.86 bits per heavy atom. The molecule has 0 amide bonds. The summed E-state index contributed by atoms with van der Waals surface area (Å²) in [6, 6.07) is 12.2. The number of halogens is 1. The standard InChI is InChI=1S/C16H14ClN3S/c1-12-3-2-4-14(9-12)20-8-7-18-16(20)21-11-13-5-6-15(17)19-10-13/h2-10H,11H2,1H3. The zero-order valence-electron chi connectivity index (χ0n) is 11.5. The van der Waals surface area contributed by atoms with Crippen molar-refractivity contribution in [1.29, 1.82) is 0 Å². The molecule has 2 aromatic heterocycles. The predicted octanol–water partition coefficient (Wildman–Crippen LogP) is 4.52. The van der Waals surface area contributed by atoms with E-state index in [0.29, 0.717) is 5.15 Å². The highest BCUT2D eigenvalue weighted by atomic mass is 35.5. The third-order valence-corrected chi connectivity index (χ3v) is 4.30. The Labute approximate surface area is 133 Å². The molecule has 0 N–H and O–H groups in total. The van der Waals surface area contributed by atoms with E-state index in [4.69, 9.17) is 11.6 Å². The van der Waals surface area contributed by atoms with Gasteiger partial charge in [0, 0.05) is 30.0 Å². The maximum Gasteiger partial charge on any atom is 0.172 e. The summed E-state index contributed by atoms with van der Waals surface area (Å²) < 4.78 is 2.10. The van der Waals surface area contributed by atoms with Gasteiger partial charge in [-0.05, 0) is 36.2 Å². The van der Waals surface area contributed by atoms with Crippen LogP contribution in [0.5, 0.6) is 0 Å². The molecule has 106 valence electrons. The van der Waals surface area contributed by atoms with Crippen LogP contribution in [-0.4, -0.2) is 14.5 Å². The van der Waals surface area contributed by atoms with E-state index in [1.165, 1.54) is 5.56 Å². The zero-order chi connectivity index (χ0) is 14.7. The van der Waals surface area contributed by atoms with Gasteiger partial charge in [0.1, 0.15) is 5.15 Å². The number of pyridine rings is 1. The fourth-order valence-electron chi connectivity index (χ4n) is 2.01. The number of thioether (sulfide) groups is 1. The molecule has 1 aromatic carbocycles. The molecule has 0 unspecified atom stereocenters. The summed E-state index contributed by atoms with van der Waals surface area (Å²) in [5.74, 6) is 0.812. The van der Waals surface area contributed by atoms with Crippen LogP contribution in [0.25, 0.3) is 5.69 Å². The molecular formula is C16H14ClN3S. The number of imidazole rings is 1. The van der Waals surface area contributed by atoms with E-state index in [1.807, 2.05) is 24.5 Å². The van der Waals surface area contributed by atoms with Crippen molar-refractivity contribution in [3.8, 4) is 5.69 Å². The quantitative estimate of drug-likeness (QED) is 0.524. The minimum atomic E-state index is 0.519. The maximum absolute atomic E-state index is 5.80. The lowest BCUT2D eigenvalue weighted by Gasteiger charge is -2.08. The highest BCUT2D eigenvalue weighted by Gasteiger charge is 2.06. The topological polar surface area (TPSA) is 30.7 Å². The molecule has 3 nitrogen and oxygen atoms in total. The highest BCUT2D eigenvalue weighted by Crippen LogP contribution is 2.24. The van der Waals surface area contributed by atoms with Crippen molar-refractivity contribution in [2.45, 2.75) is 17.8 Å². The van der Waals surface area contributed by atoms with Crippen molar-refractivity contribution in [2.75, 3.05) is 0 Å².